The predicted molar refractivity (Wildman–Crippen MR) is 123 cm³/mol. The molecule has 0 saturated carbocycles. The Balaban J connectivity index is 1.51. The van der Waals surface area contributed by atoms with Crippen LogP contribution in [0, 0.1) is 6.92 Å². The SMILES string of the molecule is Cc1[nH]c2ccccc2c1C(=O)CSc1nc2cc3ccccc3cc2c(=O)n1C. The van der Waals surface area contributed by atoms with Crippen LogP contribution in [0.4, 0.5) is 0 Å². The number of fused-ring (bicyclic) bond motifs is 3. The quantitative estimate of drug-likeness (QED) is 0.198. The second-order valence-electron chi connectivity index (χ2n) is 7.36. The molecule has 0 atom stereocenters. The van der Waals surface area contributed by atoms with Crippen molar-refractivity contribution in [2.75, 3.05) is 5.75 Å². The van der Waals surface area contributed by atoms with E-state index in [1.54, 1.807) is 7.05 Å². The van der Waals surface area contributed by atoms with Gasteiger partial charge >= 0.3 is 0 Å². The van der Waals surface area contributed by atoms with Gasteiger partial charge in [-0.25, -0.2) is 4.98 Å². The third kappa shape index (κ3) is 3.00. The molecule has 5 rings (SSSR count). The van der Waals surface area contributed by atoms with Crippen molar-refractivity contribution in [1.29, 1.82) is 0 Å². The number of aryl methyl sites for hydroxylation is 1. The van der Waals surface area contributed by atoms with E-state index in [-0.39, 0.29) is 17.1 Å². The fourth-order valence-electron chi connectivity index (χ4n) is 3.90. The number of Topliss-reactive ketones (excluding diaryl/α,β-unsaturated/α-hetero) is 1. The van der Waals surface area contributed by atoms with Crippen LogP contribution in [-0.4, -0.2) is 26.1 Å². The molecule has 0 aliphatic rings. The highest BCUT2D eigenvalue weighted by molar-refractivity contribution is 7.99. The summed E-state index contributed by atoms with van der Waals surface area (Å²) in [7, 11) is 1.70. The Bertz CT molecular complexity index is 1510. The van der Waals surface area contributed by atoms with Crippen LogP contribution in [0.15, 0.2) is 70.6 Å². The predicted octanol–water partition coefficient (Wildman–Crippen LogP) is 4.85. The molecule has 3 aromatic carbocycles. The van der Waals surface area contributed by atoms with E-state index in [4.69, 9.17) is 0 Å². The Hall–Kier alpha value is -3.38. The number of hydrogen-bond donors (Lipinski definition) is 1. The summed E-state index contributed by atoms with van der Waals surface area (Å²) in [6, 6.07) is 19.5. The van der Waals surface area contributed by atoms with Crippen LogP contribution in [0.2, 0.25) is 0 Å². The van der Waals surface area contributed by atoms with Crippen molar-refractivity contribution in [3.8, 4) is 0 Å². The second-order valence-corrected chi connectivity index (χ2v) is 8.30. The summed E-state index contributed by atoms with van der Waals surface area (Å²) >= 11 is 1.29. The minimum atomic E-state index is -0.107. The van der Waals surface area contributed by atoms with Gasteiger partial charge in [0.15, 0.2) is 10.9 Å². The summed E-state index contributed by atoms with van der Waals surface area (Å²) in [6.07, 6.45) is 0. The molecule has 0 fully saturated rings. The van der Waals surface area contributed by atoms with Gasteiger partial charge in [-0.05, 0) is 35.9 Å². The van der Waals surface area contributed by atoms with Crippen LogP contribution in [0.5, 0.6) is 0 Å². The minimum Gasteiger partial charge on any atom is -0.358 e. The first-order valence-electron chi connectivity index (χ1n) is 9.66. The normalized spacial score (nSPS) is 11.5. The molecule has 2 heterocycles. The Morgan fingerprint density at radius 2 is 1.73 bits per heavy atom. The lowest BCUT2D eigenvalue weighted by atomic mass is 10.1. The second kappa shape index (κ2) is 7.15. The van der Waals surface area contributed by atoms with Gasteiger partial charge in [0.2, 0.25) is 0 Å². The number of para-hydroxylation sites is 1. The molecular weight excluding hydrogens is 394 g/mol. The molecule has 30 heavy (non-hydrogen) atoms. The number of aromatic nitrogens is 3. The van der Waals surface area contributed by atoms with E-state index in [9.17, 15) is 9.59 Å². The maximum Gasteiger partial charge on any atom is 0.261 e. The van der Waals surface area contributed by atoms with Crippen LogP contribution in [-0.2, 0) is 7.05 Å². The number of carbonyl (C=O) groups excluding carboxylic acids is 1. The van der Waals surface area contributed by atoms with Crippen molar-refractivity contribution < 1.29 is 4.79 Å². The van der Waals surface area contributed by atoms with Crippen molar-refractivity contribution >= 4 is 50.1 Å². The lowest BCUT2D eigenvalue weighted by Gasteiger charge is -2.09. The summed E-state index contributed by atoms with van der Waals surface area (Å²) < 4.78 is 1.52. The summed E-state index contributed by atoms with van der Waals surface area (Å²) in [6.45, 7) is 1.91. The fraction of sp³-hybridized carbons (Fsp3) is 0.125. The van der Waals surface area contributed by atoms with Crippen molar-refractivity contribution in [1.82, 2.24) is 14.5 Å². The first-order chi connectivity index (χ1) is 14.5. The van der Waals surface area contributed by atoms with E-state index in [0.29, 0.717) is 21.6 Å². The van der Waals surface area contributed by atoms with Gasteiger partial charge in [0.1, 0.15) is 0 Å². The monoisotopic (exact) mass is 413 g/mol. The van der Waals surface area contributed by atoms with Gasteiger partial charge in [-0.2, -0.15) is 0 Å². The topological polar surface area (TPSA) is 67.8 Å². The number of ketones is 1. The van der Waals surface area contributed by atoms with Crippen LogP contribution in [0.25, 0.3) is 32.6 Å². The van der Waals surface area contributed by atoms with Crippen LogP contribution >= 0.6 is 11.8 Å². The lowest BCUT2D eigenvalue weighted by molar-refractivity contribution is 0.102. The molecule has 0 spiro atoms. The Labute approximate surface area is 176 Å². The maximum atomic E-state index is 13.0. The van der Waals surface area contributed by atoms with Gasteiger partial charge in [0, 0.05) is 29.2 Å². The molecule has 0 amide bonds. The molecule has 5 aromatic rings. The molecule has 6 heteroatoms. The number of benzene rings is 3. The molecule has 5 nitrogen and oxygen atoms in total. The van der Waals surface area contributed by atoms with E-state index in [1.807, 2.05) is 67.6 Å². The number of nitrogens with zero attached hydrogens (tertiary/aromatic N) is 2. The third-order valence-electron chi connectivity index (χ3n) is 5.41. The Kier molecular flexibility index (Phi) is 4.44. The molecule has 0 saturated heterocycles. The number of aromatic amines is 1. The van der Waals surface area contributed by atoms with Gasteiger partial charge in [-0.3, -0.25) is 14.2 Å². The van der Waals surface area contributed by atoms with Crippen molar-refractivity contribution in [2.45, 2.75) is 12.1 Å². The summed E-state index contributed by atoms with van der Waals surface area (Å²) in [5, 5.41) is 4.09. The minimum absolute atomic E-state index is 0.0165. The Morgan fingerprint density at radius 1 is 1.03 bits per heavy atom. The summed E-state index contributed by atoms with van der Waals surface area (Å²) in [5.74, 6) is 0.227. The van der Waals surface area contributed by atoms with E-state index >= 15 is 0 Å². The fourth-order valence-corrected chi connectivity index (χ4v) is 4.75. The third-order valence-corrected chi connectivity index (χ3v) is 6.44. The van der Waals surface area contributed by atoms with E-state index in [1.165, 1.54) is 16.3 Å². The zero-order valence-corrected chi connectivity index (χ0v) is 17.4. The van der Waals surface area contributed by atoms with Crippen LogP contribution < -0.4 is 5.56 Å². The number of H-pyrrole nitrogens is 1. The molecular formula is C24H19N3O2S. The first-order valence-corrected chi connectivity index (χ1v) is 10.6. The largest absolute Gasteiger partial charge is 0.358 e. The molecule has 2 aromatic heterocycles. The van der Waals surface area contributed by atoms with Gasteiger partial charge in [-0.1, -0.05) is 54.2 Å². The van der Waals surface area contributed by atoms with E-state index < -0.39 is 0 Å². The van der Waals surface area contributed by atoms with Crippen LogP contribution in [0.1, 0.15) is 16.1 Å². The van der Waals surface area contributed by atoms with Gasteiger partial charge in [0.05, 0.1) is 16.7 Å². The highest BCUT2D eigenvalue weighted by Crippen LogP contribution is 2.26. The summed E-state index contributed by atoms with van der Waals surface area (Å²) in [4.78, 5) is 33.9. The molecule has 0 radical (unpaired) electrons. The molecule has 0 aliphatic carbocycles. The highest BCUT2D eigenvalue weighted by atomic mass is 32.2. The number of rotatable bonds is 4. The van der Waals surface area contributed by atoms with Gasteiger partial charge in [0.25, 0.3) is 5.56 Å². The molecule has 1 N–H and O–H groups in total. The standard InChI is InChI=1S/C24H19N3O2S/c1-14-22(17-9-5-6-10-19(17)25-14)21(28)13-30-24-26-20-12-16-8-4-3-7-15(16)11-18(20)23(29)27(24)2/h3-12,25H,13H2,1-2H3. The Morgan fingerprint density at radius 3 is 2.53 bits per heavy atom. The number of thioether (sulfide) groups is 1. The van der Waals surface area contributed by atoms with Crippen molar-refractivity contribution in [3.05, 3.63) is 82.3 Å². The number of nitrogens with one attached hydrogen (secondary N) is 1. The highest BCUT2D eigenvalue weighted by Gasteiger charge is 2.18. The molecule has 0 unspecified atom stereocenters. The molecule has 148 valence electrons. The zero-order chi connectivity index (χ0) is 20.8. The van der Waals surface area contributed by atoms with Gasteiger partial charge < -0.3 is 4.98 Å². The average molecular weight is 414 g/mol. The smallest absolute Gasteiger partial charge is 0.261 e. The molecule has 0 bridgehead atoms. The average Bonchev–Trinajstić information content (AvgIpc) is 3.09. The van der Waals surface area contributed by atoms with Gasteiger partial charge in [-0.15, -0.1) is 0 Å². The van der Waals surface area contributed by atoms with Crippen molar-refractivity contribution in [2.24, 2.45) is 7.05 Å². The van der Waals surface area contributed by atoms with Crippen LogP contribution in [0.3, 0.4) is 0 Å². The lowest BCUT2D eigenvalue weighted by Crippen LogP contribution is -2.20. The van der Waals surface area contributed by atoms with Crippen molar-refractivity contribution in [3.63, 3.8) is 0 Å². The maximum absolute atomic E-state index is 13.0. The number of carbonyl (C=O) groups is 1. The molecule has 0 aliphatic heterocycles. The first kappa shape index (κ1) is 18.6. The van der Waals surface area contributed by atoms with E-state index in [0.717, 1.165) is 27.4 Å². The number of hydrogen-bond acceptors (Lipinski definition) is 4. The summed E-state index contributed by atoms with van der Waals surface area (Å²) in [5.41, 5.74) is 3.05. The zero-order valence-electron chi connectivity index (χ0n) is 16.6. The van der Waals surface area contributed by atoms with E-state index in [2.05, 4.69) is 9.97 Å².